The number of aliphatic hydroxyl groups is 1. The van der Waals surface area contributed by atoms with Gasteiger partial charge in [0.15, 0.2) is 0 Å². The van der Waals surface area contributed by atoms with E-state index in [0.717, 1.165) is 13.0 Å². The smallest absolute Gasteiger partial charge is 0.0958 e. The predicted molar refractivity (Wildman–Crippen MR) is 48.4 cm³/mol. The number of hydrogen-bond acceptors (Lipinski definition) is 2. The number of nitrogens with zero attached hydrogens (tertiary/aromatic N) is 1. The second-order valence-electron chi connectivity index (χ2n) is 3.56. The Morgan fingerprint density at radius 1 is 1.27 bits per heavy atom. The van der Waals surface area contributed by atoms with Gasteiger partial charge in [-0.2, -0.15) is 0 Å². The van der Waals surface area contributed by atoms with Gasteiger partial charge in [-0.15, -0.1) is 0 Å². The van der Waals surface area contributed by atoms with Crippen molar-refractivity contribution in [1.82, 2.24) is 4.90 Å². The average Bonchev–Trinajstić information content (AvgIpc) is 1.98. The van der Waals surface area contributed by atoms with Crippen molar-refractivity contribution in [2.45, 2.75) is 40.2 Å². The third kappa shape index (κ3) is 4.38. The van der Waals surface area contributed by atoms with E-state index in [-0.39, 0.29) is 6.73 Å². The SMILES string of the molecule is CCC(C)N(CO)CC(C)C. The van der Waals surface area contributed by atoms with Gasteiger partial charge in [-0.25, -0.2) is 0 Å². The molecule has 0 aliphatic carbocycles. The fraction of sp³-hybridized carbons (Fsp3) is 1.00. The molecule has 2 nitrogen and oxygen atoms in total. The van der Waals surface area contributed by atoms with Crippen LogP contribution >= 0.6 is 0 Å². The Labute approximate surface area is 70.2 Å². The first-order valence-corrected chi connectivity index (χ1v) is 4.46. The molecule has 68 valence electrons. The Hall–Kier alpha value is -0.0800. The van der Waals surface area contributed by atoms with Crippen molar-refractivity contribution in [3.05, 3.63) is 0 Å². The first kappa shape index (κ1) is 10.9. The summed E-state index contributed by atoms with van der Waals surface area (Å²) < 4.78 is 0. The molecule has 0 bridgehead atoms. The second-order valence-corrected chi connectivity index (χ2v) is 3.56. The maximum Gasteiger partial charge on any atom is 0.0958 e. The predicted octanol–water partition coefficient (Wildman–Crippen LogP) is 1.69. The van der Waals surface area contributed by atoms with Gasteiger partial charge in [-0.1, -0.05) is 20.8 Å². The standard InChI is InChI=1S/C9H21NO/c1-5-9(4)10(7-11)6-8(2)3/h8-9,11H,5-7H2,1-4H3. The fourth-order valence-corrected chi connectivity index (χ4v) is 1.10. The summed E-state index contributed by atoms with van der Waals surface area (Å²) in [6.07, 6.45) is 1.10. The quantitative estimate of drug-likeness (QED) is 0.617. The van der Waals surface area contributed by atoms with Crippen molar-refractivity contribution >= 4 is 0 Å². The van der Waals surface area contributed by atoms with Crippen LogP contribution in [0.4, 0.5) is 0 Å². The zero-order chi connectivity index (χ0) is 8.85. The molecule has 1 unspecified atom stereocenters. The third-order valence-electron chi connectivity index (χ3n) is 2.00. The van der Waals surface area contributed by atoms with Crippen LogP contribution in [0, 0.1) is 5.92 Å². The lowest BCUT2D eigenvalue weighted by molar-refractivity contribution is 0.0620. The molecule has 2 heteroatoms. The molecule has 0 saturated heterocycles. The van der Waals surface area contributed by atoms with Crippen molar-refractivity contribution in [3.63, 3.8) is 0 Å². The highest BCUT2D eigenvalue weighted by Crippen LogP contribution is 2.05. The third-order valence-corrected chi connectivity index (χ3v) is 2.00. The highest BCUT2D eigenvalue weighted by molar-refractivity contribution is 4.63. The van der Waals surface area contributed by atoms with Crippen LogP contribution in [-0.4, -0.2) is 29.3 Å². The van der Waals surface area contributed by atoms with Crippen molar-refractivity contribution in [1.29, 1.82) is 0 Å². The van der Waals surface area contributed by atoms with Crippen molar-refractivity contribution in [3.8, 4) is 0 Å². The van der Waals surface area contributed by atoms with Crippen LogP contribution in [0.5, 0.6) is 0 Å². The molecule has 0 aliphatic heterocycles. The Morgan fingerprint density at radius 2 is 1.82 bits per heavy atom. The van der Waals surface area contributed by atoms with Gasteiger partial charge >= 0.3 is 0 Å². The summed E-state index contributed by atoms with van der Waals surface area (Å²) in [4.78, 5) is 2.10. The first-order valence-electron chi connectivity index (χ1n) is 4.46. The van der Waals surface area contributed by atoms with Crippen molar-refractivity contribution in [2.24, 2.45) is 5.92 Å². The summed E-state index contributed by atoms with van der Waals surface area (Å²) in [7, 11) is 0. The molecule has 0 aromatic carbocycles. The highest BCUT2D eigenvalue weighted by Gasteiger charge is 2.11. The van der Waals surface area contributed by atoms with E-state index in [4.69, 9.17) is 5.11 Å². The maximum absolute atomic E-state index is 9.00. The molecule has 0 radical (unpaired) electrons. The lowest BCUT2D eigenvalue weighted by atomic mass is 10.1. The van der Waals surface area contributed by atoms with Crippen LogP contribution in [0.25, 0.3) is 0 Å². The molecule has 0 heterocycles. The molecule has 0 amide bonds. The Balaban J connectivity index is 3.74. The Kier molecular flexibility index (Phi) is 5.51. The number of hydrogen-bond donors (Lipinski definition) is 1. The molecular weight excluding hydrogens is 138 g/mol. The maximum atomic E-state index is 9.00. The van der Waals surface area contributed by atoms with Gasteiger partial charge in [0, 0.05) is 12.6 Å². The minimum Gasteiger partial charge on any atom is -0.381 e. The lowest BCUT2D eigenvalue weighted by Gasteiger charge is -2.27. The monoisotopic (exact) mass is 159 g/mol. The molecule has 0 fully saturated rings. The lowest BCUT2D eigenvalue weighted by Crippen LogP contribution is -2.36. The average molecular weight is 159 g/mol. The second kappa shape index (κ2) is 5.56. The van der Waals surface area contributed by atoms with E-state index in [9.17, 15) is 0 Å². The zero-order valence-corrected chi connectivity index (χ0v) is 8.17. The molecule has 11 heavy (non-hydrogen) atoms. The number of rotatable bonds is 5. The Bertz CT molecular complexity index is 93.6. The summed E-state index contributed by atoms with van der Waals surface area (Å²) in [5, 5.41) is 9.00. The summed E-state index contributed by atoms with van der Waals surface area (Å²) in [6.45, 7) is 9.82. The van der Waals surface area contributed by atoms with Gasteiger partial charge < -0.3 is 5.11 Å². The molecular formula is C9H21NO. The van der Waals surface area contributed by atoms with Crippen molar-refractivity contribution < 1.29 is 5.11 Å². The van der Waals surface area contributed by atoms with E-state index in [2.05, 4.69) is 32.6 Å². The van der Waals surface area contributed by atoms with Crippen LogP contribution in [-0.2, 0) is 0 Å². The first-order chi connectivity index (χ1) is 5.11. The van der Waals surface area contributed by atoms with Gasteiger partial charge in [0.05, 0.1) is 6.73 Å². The van der Waals surface area contributed by atoms with Gasteiger partial charge in [-0.3, -0.25) is 4.90 Å². The van der Waals surface area contributed by atoms with E-state index in [1.165, 1.54) is 0 Å². The fourth-order valence-electron chi connectivity index (χ4n) is 1.10. The topological polar surface area (TPSA) is 23.5 Å². The normalized spacial score (nSPS) is 14.5. The van der Waals surface area contributed by atoms with E-state index >= 15 is 0 Å². The van der Waals surface area contributed by atoms with Gasteiger partial charge in [0.2, 0.25) is 0 Å². The summed E-state index contributed by atoms with van der Waals surface area (Å²) in [6, 6.07) is 0.502. The summed E-state index contributed by atoms with van der Waals surface area (Å²) in [5.74, 6) is 0.635. The van der Waals surface area contributed by atoms with Crippen LogP contribution in [0.15, 0.2) is 0 Å². The van der Waals surface area contributed by atoms with E-state index in [0.29, 0.717) is 12.0 Å². The summed E-state index contributed by atoms with van der Waals surface area (Å²) >= 11 is 0. The molecule has 0 rings (SSSR count). The molecule has 0 saturated carbocycles. The molecule has 0 spiro atoms. The minimum absolute atomic E-state index is 0.188. The Morgan fingerprint density at radius 3 is 2.09 bits per heavy atom. The van der Waals surface area contributed by atoms with E-state index in [1.54, 1.807) is 0 Å². The molecule has 1 atom stereocenters. The molecule has 0 aliphatic rings. The largest absolute Gasteiger partial charge is 0.381 e. The molecule has 0 aromatic rings. The van der Waals surface area contributed by atoms with E-state index < -0.39 is 0 Å². The summed E-state index contributed by atoms with van der Waals surface area (Å²) in [5.41, 5.74) is 0. The van der Waals surface area contributed by atoms with Crippen LogP contribution in [0.1, 0.15) is 34.1 Å². The van der Waals surface area contributed by atoms with E-state index in [1.807, 2.05) is 0 Å². The number of aliphatic hydroxyl groups excluding tert-OH is 1. The van der Waals surface area contributed by atoms with Gasteiger partial charge in [-0.05, 0) is 19.3 Å². The van der Waals surface area contributed by atoms with Crippen LogP contribution in [0.3, 0.4) is 0 Å². The highest BCUT2D eigenvalue weighted by atomic mass is 16.3. The van der Waals surface area contributed by atoms with Gasteiger partial charge in [0.25, 0.3) is 0 Å². The van der Waals surface area contributed by atoms with Crippen LogP contribution in [0.2, 0.25) is 0 Å². The molecule has 0 aromatic heterocycles. The van der Waals surface area contributed by atoms with Crippen LogP contribution < -0.4 is 0 Å². The zero-order valence-electron chi connectivity index (χ0n) is 8.17. The van der Waals surface area contributed by atoms with Crippen molar-refractivity contribution in [2.75, 3.05) is 13.3 Å². The van der Waals surface area contributed by atoms with Gasteiger partial charge in [0.1, 0.15) is 0 Å². The minimum atomic E-state index is 0.188. The molecule has 1 N–H and O–H groups in total.